The van der Waals surface area contributed by atoms with Gasteiger partial charge < -0.3 is 4.57 Å². The molecule has 3 nitrogen and oxygen atoms in total. The fourth-order valence-electron chi connectivity index (χ4n) is 7.15. The van der Waals surface area contributed by atoms with Gasteiger partial charge in [-0.2, -0.15) is 10.5 Å². The van der Waals surface area contributed by atoms with Crippen molar-refractivity contribution in [1.82, 2.24) is 4.57 Å². The molecular formula is C39H23N3S2. The van der Waals surface area contributed by atoms with Crippen molar-refractivity contribution >= 4 is 70.6 Å². The van der Waals surface area contributed by atoms with E-state index in [0.717, 1.165) is 33.2 Å². The number of nitrogens with zero attached hydrogens (tertiary/aromatic N) is 3. The number of thiophene rings is 1. The Morgan fingerprint density at radius 1 is 0.727 bits per heavy atom. The minimum absolute atomic E-state index is 0.236. The molecule has 1 aliphatic heterocycles. The van der Waals surface area contributed by atoms with Crippen molar-refractivity contribution in [1.29, 1.82) is 10.5 Å². The van der Waals surface area contributed by atoms with E-state index < -0.39 is 0 Å². The third kappa shape index (κ3) is 3.49. The second-order valence-electron chi connectivity index (χ2n) is 11.8. The maximum absolute atomic E-state index is 9.94. The van der Waals surface area contributed by atoms with Gasteiger partial charge in [-0.3, -0.25) is 0 Å². The summed E-state index contributed by atoms with van der Waals surface area (Å²) in [5.74, 6) is 0. The highest BCUT2D eigenvalue weighted by Gasteiger charge is 2.43. The Morgan fingerprint density at radius 2 is 1.41 bits per heavy atom. The number of nitriles is 2. The van der Waals surface area contributed by atoms with Crippen LogP contribution in [0.5, 0.6) is 0 Å². The summed E-state index contributed by atoms with van der Waals surface area (Å²) in [6.07, 6.45) is 7.01. The number of benzene rings is 5. The highest BCUT2D eigenvalue weighted by atomic mass is 32.2. The molecule has 0 bridgehead atoms. The zero-order valence-electron chi connectivity index (χ0n) is 23.7. The fourth-order valence-corrected chi connectivity index (χ4v) is 9.79. The Bertz CT molecular complexity index is 2480. The average molecular weight is 598 g/mol. The fraction of sp³-hybridized carbons (Fsp3) is 0.0769. The van der Waals surface area contributed by atoms with Gasteiger partial charge in [0.1, 0.15) is 0 Å². The van der Waals surface area contributed by atoms with Crippen LogP contribution in [0.4, 0.5) is 0 Å². The molecule has 2 aromatic heterocycles. The molecule has 7 aromatic rings. The molecule has 206 valence electrons. The smallest absolute Gasteiger partial charge is 0.0991 e. The van der Waals surface area contributed by atoms with Crippen LogP contribution in [-0.2, 0) is 5.41 Å². The van der Waals surface area contributed by atoms with E-state index >= 15 is 0 Å². The highest BCUT2D eigenvalue weighted by molar-refractivity contribution is 8.00. The Hall–Kier alpha value is -5.07. The standard InChI is InChI=1S/C39H23N3S2/c1-39-20-25(12-15-38(39)44-37-19-36-30(18-31(37)39)29-17-24(22-41)11-14-35(29)43-36)28-16-23(21-40)10-13-34(28)42-32-8-4-2-6-26(32)27-7-3-5-9-33(27)42/h2-20,38H,1H3. The van der Waals surface area contributed by atoms with Crippen molar-refractivity contribution in [3.8, 4) is 17.8 Å². The first-order valence-electron chi connectivity index (χ1n) is 14.6. The van der Waals surface area contributed by atoms with E-state index in [1.54, 1.807) is 11.3 Å². The van der Waals surface area contributed by atoms with Gasteiger partial charge in [0, 0.05) is 52.1 Å². The van der Waals surface area contributed by atoms with E-state index in [9.17, 15) is 10.5 Å². The number of allylic oxidation sites excluding steroid dienone is 3. The predicted octanol–water partition coefficient (Wildman–Crippen LogP) is 10.3. The number of aromatic nitrogens is 1. The maximum atomic E-state index is 9.94. The van der Waals surface area contributed by atoms with E-state index in [1.807, 2.05) is 36.0 Å². The van der Waals surface area contributed by atoms with Gasteiger partial charge in [-0.25, -0.2) is 0 Å². The summed E-state index contributed by atoms with van der Waals surface area (Å²) in [5, 5.41) is 24.6. The molecule has 2 aliphatic rings. The zero-order chi connectivity index (χ0) is 29.6. The summed E-state index contributed by atoms with van der Waals surface area (Å²) in [6.45, 7) is 2.34. The number of rotatable bonds is 2. The van der Waals surface area contributed by atoms with Crippen LogP contribution in [0.2, 0.25) is 0 Å². The van der Waals surface area contributed by atoms with Crippen molar-refractivity contribution in [2.75, 3.05) is 0 Å². The molecule has 0 saturated carbocycles. The van der Waals surface area contributed by atoms with Gasteiger partial charge in [0.15, 0.2) is 0 Å². The van der Waals surface area contributed by atoms with Crippen LogP contribution in [0.15, 0.2) is 120 Å². The maximum Gasteiger partial charge on any atom is 0.0991 e. The van der Waals surface area contributed by atoms with Crippen LogP contribution in [-0.4, -0.2) is 9.82 Å². The summed E-state index contributed by atoms with van der Waals surface area (Å²) in [6, 6.07) is 38.6. The summed E-state index contributed by atoms with van der Waals surface area (Å²) in [5.41, 5.74) is 7.94. The van der Waals surface area contributed by atoms with Crippen molar-refractivity contribution < 1.29 is 0 Å². The van der Waals surface area contributed by atoms with E-state index in [4.69, 9.17) is 0 Å². The highest BCUT2D eigenvalue weighted by Crippen LogP contribution is 2.56. The largest absolute Gasteiger partial charge is 0.309 e. The van der Waals surface area contributed by atoms with E-state index in [1.165, 1.54) is 36.0 Å². The molecule has 2 atom stereocenters. The van der Waals surface area contributed by atoms with Gasteiger partial charge >= 0.3 is 0 Å². The SMILES string of the molecule is CC12C=C(c3cc(C#N)ccc3-n3c4ccccc4c4ccccc43)C=CC1Sc1cc3sc4ccc(C#N)cc4c3cc12. The minimum atomic E-state index is -0.236. The molecular weight excluding hydrogens is 575 g/mol. The number of hydrogen-bond donors (Lipinski definition) is 0. The van der Waals surface area contributed by atoms with Crippen molar-refractivity contribution in [3.05, 3.63) is 138 Å². The van der Waals surface area contributed by atoms with Gasteiger partial charge in [-0.05, 0) is 71.8 Å². The lowest BCUT2D eigenvalue weighted by Gasteiger charge is -2.31. The van der Waals surface area contributed by atoms with Crippen molar-refractivity contribution in [3.63, 3.8) is 0 Å². The molecule has 0 amide bonds. The van der Waals surface area contributed by atoms with Crippen LogP contribution < -0.4 is 0 Å². The Morgan fingerprint density at radius 3 is 2.16 bits per heavy atom. The molecule has 5 heteroatoms. The molecule has 44 heavy (non-hydrogen) atoms. The second-order valence-corrected chi connectivity index (χ2v) is 14.0. The Balaban J connectivity index is 1.27. The van der Waals surface area contributed by atoms with Gasteiger partial charge in [-0.15, -0.1) is 23.1 Å². The van der Waals surface area contributed by atoms with E-state index in [0.29, 0.717) is 11.1 Å². The van der Waals surface area contributed by atoms with E-state index in [2.05, 4.69) is 115 Å². The number of hydrogen-bond acceptors (Lipinski definition) is 4. The lowest BCUT2D eigenvalue weighted by atomic mass is 9.74. The van der Waals surface area contributed by atoms with Crippen molar-refractivity contribution in [2.45, 2.75) is 22.5 Å². The lowest BCUT2D eigenvalue weighted by Crippen LogP contribution is -2.29. The summed E-state index contributed by atoms with van der Waals surface area (Å²) < 4.78 is 4.81. The molecule has 0 N–H and O–H groups in total. The average Bonchev–Trinajstić information content (AvgIpc) is 3.69. The van der Waals surface area contributed by atoms with Crippen LogP contribution in [0, 0.1) is 22.7 Å². The van der Waals surface area contributed by atoms with Crippen LogP contribution in [0.25, 0.3) is 53.2 Å². The molecule has 5 aromatic carbocycles. The first-order chi connectivity index (χ1) is 21.6. The Labute approximate surface area is 262 Å². The lowest BCUT2D eigenvalue weighted by molar-refractivity contribution is 0.623. The van der Waals surface area contributed by atoms with Crippen LogP contribution >= 0.6 is 23.1 Å². The molecule has 1 aliphatic carbocycles. The second kappa shape index (κ2) is 9.21. The first-order valence-corrected chi connectivity index (χ1v) is 16.3. The summed E-state index contributed by atoms with van der Waals surface area (Å²) >= 11 is 3.72. The van der Waals surface area contributed by atoms with Gasteiger partial charge in [-0.1, -0.05) is 61.5 Å². The molecule has 0 fully saturated rings. The number of thioether (sulfide) groups is 1. The molecule has 0 radical (unpaired) electrons. The monoisotopic (exact) mass is 597 g/mol. The normalized spacial score (nSPS) is 18.8. The number of fused-ring (bicyclic) bond motifs is 9. The topological polar surface area (TPSA) is 52.5 Å². The number of para-hydroxylation sites is 2. The van der Waals surface area contributed by atoms with Crippen molar-refractivity contribution in [2.24, 2.45) is 0 Å². The molecule has 0 spiro atoms. The molecule has 9 rings (SSSR count). The minimum Gasteiger partial charge on any atom is -0.309 e. The van der Waals surface area contributed by atoms with Gasteiger partial charge in [0.25, 0.3) is 0 Å². The van der Waals surface area contributed by atoms with Crippen LogP contribution in [0.3, 0.4) is 0 Å². The zero-order valence-corrected chi connectivity index (χ0v) is 25.3. The predicted molar refractivity (Wildman–Crippen MR) is 184 cm³/mol. The first kappa shape index (κ1) is 25.4. The summed E-state index contributed by atoms with van der Waals surface area (Å²) in [4.78, 5) is 1.31. The molecule has 0 saturated heterocycles. The molecule has 3 heterocycles. The third-order valence-electron chi connectivity index (χ3n) is 9.29. The van der Waals surface area contributed by atoms with E-state index in [-0.39, 0.29) is 10.7 Å². The van der Waals surface area contributed by atoms with Gasteiger partial charge in [0.05, 0.1) is 40.0 Å². The third-order valence-corrected chi connectivity index (χ3v) is 11.9. The quantitative estimate of drug-likeness (QED) is 0.199. The summed E-state index contributed by atoms with van der Waals surface area (Å²) in [7, 11) is 0. The molecule has 2 unspecified atom stereocenters. The van der Waals surface area contributed by atoms with Crippen LogP contribution in [0.1, 0.15) is 29.2 Å². The Kier molecular flexibility index (Phi) is 5.33. The van der Waals surface area contributed by atoms with Gasteiger partial charge in [0.2, 0.25) is 0 Å².